The summed E-state index contributed by atoms with van der Waals surface area (Å²) in [7, 11) is 0. The van der Waals surface area contributed by atoms with Gasteiger partial charge in [0.2, 0.25) is 0 Å². The molecule has 0 bridgehead atoms. The summed E-state index contributed by atoms with van der Waals surface area (Å²) in [6.45, 7) is 4.10. The maximum atomic E-state index is 11.3. The van der Waals surface area contributed by atoms with E-state index in [1.54, 1.807) is 6.92 Å². The highest BCUT2D eigenvalue weighted by Crippen LogP contribution is 2.33. The van der Waals surface area contributed by atoms with E-state index in [-0.39, 0.29) is 10.6 Å². The van der Waals surface area contributed by atoms with Crippen molar-refractivity contribution >= 4 is 44.3 Å². The fraction of sp³-hybridized carbons (Fsp3) is 0.364. The fourth-order valence-electron chi connectivity index (χ4n) is 1.22. The van der Waals surface area contributed by atoms with Crippen molar-refractivity contribution in [2.45, 2.75) is 18.7 Å². The number of carbonyl (C=O) groups excluding carboxylic acids is 1. The number of hydrogen-bond donors (Lipinski definition) is 0. The van der Waals surface area contributed by atoms with Crippen LogP contribution in [0, 0.1) is 3.57 Å². The molecular formula is C11H12BrIO2. The minimum absolute atomic E-state index is 0.0807. The second kappa shape index (κ2) is 5.84. The number of hydrogen-bond acceptors (Lipinski definition) is 2. The van der Waals surface area contributed by atoms with Gasteiger partial charge in [-0.2, -0.15) is 0 Å². The minimum Gasteiger partial charge on any atom is -0.494 e. The third-order valence-corrected chi connectivity index (χ3v) is 3.71. The summed E-state index contributed by atoms with van der Waals surface area (Å²) in [6, 6.07) is 5.83. The average molecular weight is 383 g/mol. The Kier molecular flexibility index (Phi) is 5.05. The van der Waals surface area contributed by atoms with Gasteiger partial charge in [-0.3, -0.25) is 4.79 Å². The van der Waals surface area contributed by atoms with Crippen LogP contribution < -0.4 is 4.74 Å². The molecule has 0 radical (unpaired) electrons. The van der Waals surface area contributed by atoms with Gasteiger partial charge in [0.25, 0.3) is 0 Å². The molecule has 15 heavy (non-hydrogen) atoms. The third kappa shape index (κ3) is 3.45. The van der Waals surface area contributed by atoms with Crippen molar-refractivity contribution in [2.24, 2.45) is 0 Å². The van der Waals surface area contributed by atoms with Gasteiger partial charge in [-0.25, -0.2) is 0 Å². The van der Waals surface area contributed by atoms with E-state index in [2.05, 4.69) is 38.5 Å². The summed E-state index contributed by atoms with van der Waals surface area (Å²) in [5.74, 6) is 0.860. The van der Waals surface area contributed by atoms with Crippen molar-refractivity contribution < 1.29 is 9.53 Å². The number of rotatable bonds is 4. The first-order valence-corrected chi connectivity index (χ1v) is 6.62. The lowest BCUT2D eigenvalue weighted by atomic mass is 10.1. The molecule has 0 heterocycles. The summed E-state index contributed by atoms with van der Waals surface area (Å²) < 4.78 is 6.60. The van der Waals surface area contributed by atoms with E-state index >= 15 is 0 Å². The topological polar surface area (TPSA) is 26.3 Å². The molecule has 0 saturated heterocycles. The SMILES string of the molecule is CCOc1cc(I)ccc1C(Br)C(C)=O. The molecule has 1 aromatic rings. The molecule has 1 unspecified atom stereocenters. The molecule has 0 aromatic heterocycles. The van der Waals surface area contributed by atoms with Gasteiger partial charge in [0.1, 0.15) is 16.4 Å². The zero-order valence-corrected chi connectivity index (χ0v) is 12.3. The van der Waals surface area contributed by atoms with Gasteiger partial charge in [0.15, 0.2) is 0 Å². The van der Waals surface area contributed by atoms with Crippen LogP contribution in [0.15, 0.2) is 18.2 Å². The molecular weight excluding hydrogens is 371 g/mol. The Bertz CT molecular complexity index is 366. The van der Waals surface area contributed by atoms with Crippen molar-refractivity contribution in [3.63, 3.8) is 0 Å². The number of alkyl halides is 1. The Morgan fingerprint density at radius 3 is 2.80 bits per heavy atom. The molecule has 1 aromatic carbocycles. The molecule has 4 heteroatoms. The lowest BCUT2D eigenvalue weighted by Gasteiger charge is -2.13. The van der Waals surface area contributed by atoms with Crippen LogP contribution in [0.25, 0.3) is 0 Å². The Balaban J connectivity index is 3.10. The first-order valence-electron chi connectivity index (χ1n) is 4.63. The molecule has 0 N–H and O–H groups in total. The molecule has 0 aliphatic heterocycles. The second-order valence-electron chi connectivity index (χ2n) is 3.09. The maximum absolute atomic E-state index is 11.3. The molecule has 0 aliphatic carbocycles. The van der Waals surface area contributed by atoms with Gasteiger partial charge < -0.3 is 4.74 Å². The van der Waals surface area contributed by atoms with Crippen molar-refractivity contribution in [2.75, 3.05) is 6.61 Å². The number of halogens is 2. The van der Waals surface area contributed by atoms with Crippen molar-refractivity contribution in [3.8, 4) is 5.75 Å². The van der Waals surface area contributed by atoms with Crippen LogP contribution in [0.5, 0.6) is 5.75 Å². The number of Topliss-reactive ketones (excluding diaryl/α,β-unsaturated/α-hetero) is 1. The first kappa shape index (κ1) is 13.0. The standard InChI is InChI=1S/C11H12BrIO2/c1-3-15-10-6-8(13)4-5-9(10)11(12)7(2)14/h4-6,11H,3H2,1-2H3. The highest BCUT2D eigenvalue weighted by atomic mass is 127. The van der Waals surface area contributed by atoms with E-state index in [0.717, 1.165) is 14.9 Å². The number of carbonyl (C=O) groups is 1. The van der Waals surface area contributed by atoms with Crippen LogP contribution in [-0.4, -0.2) is 12.4 Å². The van der Waals surface area contributed by atoms with Gasteiger partial charge in [-0.05, 0) is 48.6 Å². The lowest BCUT2D eigenvalue weighted by molar-refractivity contribution is -0.116. The number of ether oxygens (including phenoxy) is 1. The van der Waals surface area contributed by atoms with Gasteiger partial charge in [-0.15, -0.1) is 0 Å². The molecule has 0 fully saturated rings. The van der Waals surface area contributed by atoms with Crippen LogP contribution in [-0.2, 0) is 4.79 Å². The first-order chi connectivity index (χ1) is 7.06. The van der Waals surface area contributed by atoms with E-state index in [4.69, 9.17) is 4.74 Å². The van der Waals surface area contributed by atoms with E-state index in [0.29, 0.717) is 6.61 Å². The van der Waals surface area contributed by atoms with Crippen LogP contribution in [0.4, 0.5) is 0 Å². The molecule has 0 aliphatic rings. The molecule has 82 valence electrons. The van der Waals surface area contributed by atoms with E-state index in [1.807, 2.05) is 25.1 Å². The van der Waals surface area contributed by atoms with E-state index in [1.165, 1.54) is 0 Å². The highest BCUT2D eigenvalue weighted by Gasteiger charge is 2.17. The molecule has 2 nitrogen and oxygen atoms in total. The van der Waals surface area contributed by atoms with Crippen molar-refractivity contribution in [1.82, 2.24) is 0 Å². The predicted molar refractivity (Wildman–Crippen MR) is 72.7 cm³/mol. The molecule has 0 saturated carbocycles. The smallest absolute Gasteiger partial charge is 0.147 e. The lowest BCUT2D eigenvalue weighted by Crippen LogP contribution is -2.05. The third-order valence-electron chi connectivity index (χ3n) is 1.91. The van der Waals surface area contributed by atoms with Gasteiger partial charge in [0, 0.05) is 9.13 Å². The van der Waals surface area contributed by atoms with E-state index in [9.17, 15) is 4.79 Å². The normalized spacial score (nSPS) is 12.3. The van der Waals surface area contributed by atoms with Gasteiger partial charge >= 0.3 is 0 Å². The summed E-state index contributed by atoms with van der Waals surface area (Å²) in [5.41, 5.74) is 0.893. The summed E-state index contributed by atoms with van der Waals surface area (Å²) in [6.07, 6.45) is 0. The van der Waals surface area contributed by atoms with E-state index < -0.39 is 0 Å². The summed E-state index contributed by atoms with van der Waals surface area (Å²) in [4.78, 5) is 11.0. The summed E-state index contributed by atoms with van der Waals surface area (Å²) >= 11 is 5.59. The highest BCUT2D eigenvalue weighted by molar-refractivity contribution is 14.1. The van der Waals surface area contributed by atoms with Gasteiger partial charge in [-0.1, -0.05) is 22.0 Å². The number of ketones is 1. The van der Waals surface area contributed by atoms with Gasteiger partial charge in [0.05, 0.1) is 6.61 Å². The summed E-state index contributed by atoms with van der Waals surface area (Å²) in [5, 5.41) is 0. The predicted octanol–water partition coefficient (Wildman–Crippen LogP) is 3.71. The molecule has 1 atom stereocenters. The molecule has 0 amide bonds. The maximum Gasteiger partial charge on any atom is 0.147 e. The Hall–Kier alpha value is -0.100. The van der Waals surface area contributed by atoms with Crippen LogP contribution in [0.1, 0.15) is 24.2 Å². The largest absolute Gasteiger partial charge is 0.494 e. The Morgan fingerprint density at radius 1 is 1.60 bits per heavy atom. The molecule has 0 spiro atoms. The zero-order chi connectivity index (χ0) is 11.4. The van der Waals surface area contributed by atoms with Crippen LogP contribution in [0.3, 0.4) is 0 Å². The van der Waals surface area contributed by atoms with Crippen LogP contribution in [0.2, 0.25) is 0 Å². The zero-order valence-electron chi connectivity index (χ0n) is 8.59. The second-order valence-corrected chi connectivity index (χ2v) is 5.25. The molecule has 1 rings (SSSR count). The van der Waals surface area contributed by atoms with Crippen molar-refractivity contribution in [3.05, 3.63) is 27.3 Å². The Morgan fingerprint density at radius 2 is 2.27 bits per heavy atom. The average Bonchev–Trinajstić information content (AvgIpc) is 2.17. The van der Waals surface area contributed by atoms with Crippen molar-refractivity contribution in [1.29, 1.82) is 0 Å². The minimum atomic E-state index is -0.281. The quantitative estimate of drug-likeness (QED) is 0.586. The van der Waals surface area contributed by atoms with Crippen LogP contribution >= 0.6 is 38.5 Å². The number of benzene rings is 1. The Labute approximate surface area is 112 Å². The fourth-order valence-corrected chi connectivity index (χ4v) is 2.06. The monoisotopic (exact) mass is 382 g/mol.